The van der Waals surface area contributed by atoms with Gasteiger partial charge in [0.05, 0.1) is 6.10 Å². The van der Waals surface area contributed by atoms with E-state index in [0.29, 0.717) is 0 Å². The molecule has 2 aromatic carbocycles. The average molecular weight is 306 g/mol. The van der Waals surface area contributed by atoms with Crippen molar-refractivity contribution in [2.75, 3.05) is 5.32 Å². The number of nitrogens with one attached hydrogen (secondary N) is 1. The average Bonchev–Trinajstić information content (AvgIpc) is 2.38. The molecule has 0 unspecified atom stereocenters. The van der Waals surface area contributed by atoms with Crippen molar-refractivity contribution in [3.63, 3.8) is 0 Å². The molecule has 0 amide bonds. The summed E-state index contributed by atoms with van der Waals surface area (Å²) < 4.78 is 1.08. The largest absolute Gasteiger partial charge is 0.389 e. The van der Waals surface area contributed by atoms with Crippen LogP contribution in [0.3, 0.4) is 0 Å². The van der Waals surface area contributed by atoms with Gasteiger partial charge in [-0.05, 0) is 30.7 Å². The quantitative estimate of drug-likeness (QED) is 0.891. The number of benzene rings is 2. The lowest BCUT2D eigenvalue weighted by Crippen LogP contribution is -2.04. The van der Waals surface area contributed by atoms with Gasteiger partial charge in [0, 0.05) is 22.3 Å². The van der Waals surface area contributed by atoms with Crippen molar-refractivity contribution in [2.45, 2.75) is 19.6 Å². The summed E-state index contributed by atoms with van der Waals surface area (Å²) in [6, 6.07) is 16.0. The summed E-state index contributed by atoms with van der Waals surface area (Å²) in [5.41, 5.74) is 3.11. The van der Waals surface area contributed by atoms with E-state index in [1.54, 1.807) is 6.92 Å². The molecule has 0 radical (unpaired) electrons. The number of anilines is 1. The number of halogens is 1. The van der Waals surface area contributed by atoms with E-state index in [1.165, 1.54) is 5.56 Å². The molecule has 0 aliphatic rings. The lowest BCUT2D eigenvalue weighted by molar-refractivity contribution is 0.200. The minimum absolute atomic E-state index is 0.460. The highest BCUT2D eigenvalue weighted by Crippen LogP contribution is 2.22. The van der Waals surface area contributed by atoms with E-state index in [9.17, 15) is 5.11 Å². The third-order valence-electron chi connectivity index (χ3n) is 2.81. The molecule has 0 saturated heterocycles. The number of aliphatic hydroxyl groups excluding tert-OH is 1. The van der Waals surface area contributed by atoms with Gasteiger partial charge in [0.25, 0.3) is 0 Å². The minimum Gasteiger partial charge on any atom is -0.389 e. The van der Waals surface area contributed by atoms with Crippen LogP contribution in [0.4, 0.5) is 5.69 Å². The molecule has 2 aromatic rings. The van der Waals surface area contributed by atoms with Crippen molar-refractivity contribution in [1.82, 2.24) is 0 Å². The third-order valence-corrected chi connectivity index (χ3v) is 3.34. The first kappa shape index (κ1) is 13.1. The van der Waals surface area contributed by atoms with Crippen LogP contribution < -0.4 is 5.32 Å². The van der Waals surface area contributed by atoms with Crippen molar-refractivity contribution in [3.05, 3.63) is 64.1 Å². The maximum absolute atomic E-state index is 9.69. The maximum atomic E-state index is 9.69. The van der Waals surface area contributed by atoms with Crippen LogP contribution in [0.1, 0.15) is 24.2 Å². The highest BCUT2D eigenvalue weighted by atomic mass is 79.9. The molecule has 0 bridgehead atoms. The van der Waals surface area contributed by atoms with Gasteiger partial charge >= 0.3 is 0 Å². The van der Waals surface area contributed by atoms with Gasteiger partial charge in [-0.3, -0.25) is 0 Å². The Morgan fingerprint density at radius 1 is 1.11 bits per heavy atom. The smallest absolute Gasteiger partial charge is 0.0781 e. The van der Waals surface area contributed by atoms with Crippen molar-refractivity contribution in [3.8, 4) is 0 Å². The summed E-state index contributed by atoms with van der Waals surface area (Å²) in [6.07, 6.45) is -0.460. The van der Waals surface area contributed by atoms with Crippen LogP contribution in [0.2, 0.25) is 0 Å². The van der Waals surface area contributed by atoms with Crippen LogP contribution in [0.5, 0.6) is 0 Å². The zero-order valence-electron chi connectivity index (χ0n) is 10.2. The van der Waals surface area contributed by atoms with Gasteiger partial charge in [-0.2, -0.15) is 0 Å². The minimum atomic E-state index is -0.460. The lowest BCUT2D eigenvalue weighted by atomic mass is 10.1. The molecular formula is C15H16BrNO. The summed E-state index contributed by atoms with van der Waals surface area (Å²) in [5.74, 6) is 0. The second kappa shape index (κ2) is 6.03. The van der Waals surface area contributed by atoms with Crippen molar-refractivity contribution >= 4 is 21.6 Å². The first-order valence-electron chi connectivity index (χ1n) is 5.92. The van der Waals surface area contributed by atoms with Gasteiger partial charge in [-0.15, -0.1) is 0 Å². The van der Waals surface area contributed by atoms with Gasteiger partial charge < -0.3 is 10.4 Å². The van der Waals surface area contributed by atoms with Crippen LogP contribution in [0.15, 0.2) is 53.0 Å². The van der Waals surface area contributed by atoms with Crippen LogP contribution in [0.25, 0.3) is 0 Å². The number of hydrogen-bond acceptors (Lipinski definition) is 2. The van der Waals surface area contributed by atoms with Gasteiger partial charge in [-0.25, -0.2) is 0 Å². The molecule has 3 heteroatoms. The molecule has 0 spiro atoms. The molecule has 0 saturated carbocycles. The van der Waals surface area contributed by atoms with Crippen molar-refractivity contribution in [2.24, 2.45) is 0 Å². The first-order chi connectivity index (χ1) is 8.66. The maximum Gasteiger partial charge on any atom is 0.0781 e. The highest BCUT2D eigenvalue weighted by molar-refractivity contribution is 9.10. The zero-order valence-corrected chi connectivity index (χ0v) is 11.8. The Morgan fingerprint density at radius 3 is 2.44 bits per heavy atom. The Bertz CT molecular complexity index is 508. The Labute approximate surface area is 116 Å². The molecular weight excluding hydrogens is 290 g/mol. The molecule has 18 heavy (non-hydrogen) atoms. The van der Waals surface area contributed by atoms with Gasteiger partial charge in [0.15, 0.2) is 0 Å². The number of aliphatic hydroxyl groups is 1. The summed E-state index contributed by atoms with van der Waals surface area (Å²) in [7, 11) is 0. The lowest BCUT2D eigenvalue weighted by Gasteiger charge is -2.14. The fourth-order valence-corrected chi connectivity index (χ4v) is 2.09. The van der Waals surface area contributed by atoms with Crippen molar-refractivity contribution in [1.29, 1.82) is 0 Å². The third kappa shape index (κ3) is 3.34. The van der Waals surface area contributed by atoms with E-state index < -0.39 is 6.10 Å². The van der Waals surface area contributed by atoms with Crippen molar-refractivity contribution < 1.29 is 5.11 Å². The van der Waals surface area contributed by atoms with Crippen LogP contribution in [-0.4, -0.2) is 5.11 Å². The second-order valence-electron chi connectivity index (χ2n) is 4.24. The van der Waals surface area contributed by atoms with Crippen LogP contribution >= 0.6 is 15.9 Å². The monoisotopic (exact) mass is 305 g/mol. The zero-order chi connectivity index (χ0) is 13.0. The van der Waals surface area contributed by atoms with E-state index >= 15 is 0 Å². The molecule has 2 rings (SSSR count). The Hall–Kier alpha value is -1.32. The SMILES string of the molecule is C[C@H](O)c1ccccc1NCc1ccc(Br)cc1. The first-order valence-corrected chi connectivity index (χ1v) is 6.71. The summed E-state index contributed by atoms with van der Waals surface area (Å²) >= 11 is 3.42. The molecule has 94 valence electrons. The molecule has 2 N–H and O–H groups in total. The molecule has 2 nitrogen and oxygen atoms in total. The van der Waals surface area contributed by atoms with E-state index in [2.05, 4.69) is 33.4 Å². The Kier molecular flexibility index (Phi) is 4.39. The fourth-order valence-electron chi connectivity index (χ4n) is 1.82. The predicted molar refractivity (Wildman–Crippen MR) is 78.5 cm³/mol. The Balaban J connectivity index is 2.08. The van der Waals surface area contributed by atoms with E-state index in [4.69, 9.17) is 0 Å². The standard InChI is InChI=1S/C15H16BrNO/c1-11(18)14-4-2-3-5-15(14)17-10-12-6-8-13(16)9-7-12/h2-9,11,17-18H,10H2,1H3/t11-/m0/s1. The topological polar surface area (TPSA) is 32.3 Å². The molecule has 0 aliphatic carbocycles. The van der Waals surface area contributed by atoms with Crippen LogP contribution in [-0.2, 0) is 6.54 Å². The number of rotatable bonds is 4. The second-order valence-corrected chi connectivity index (χ2v) is 5.16. The number of hydrogen-bond donors (Lipinski definition) is 2. The van der Waals surface area contributed by atoms with E-state index in [-0.39, 0.29) is 0 Å². The number of para-hydroxylation sites is 1. The summed E-state index contributed by atoms with van der Waals surface area (Å²) in [6.45, 7) is 2.52. The summed E-state index contributed by atoms with van der Waals surface area (Å²) in [4.78, 5) is 0. The fraction of sp³-hybridized carbons (Fsp3) is 0.200. The van der Waals surface area contributed by atoms with Gasteiger partial charge in [0.1, 0.15) is 0 Å². The molecule has 0 heterocycles. The predicted octanol–water partition coefficient (Wildman–Crippen LogP) is 4.11. The van der Waals surface area contributed by atoms with Crippen LogP contribution in [0, 0.1) is 0 Å². The molecule has 0 aliphatic heterocycles. The summed E-state index contributed by atoms with van der Waals surface area (Å²) in [5, 5.41) is 13.0. The van der Waals surface area contributed by atoms with Gasteiger partial charge in [0.2, 0.25) is 0 Å². The van der Waals surface area contributed by atoms with E-state index in [1.807, 2.05) is 36.4 Å². The normalized spacial score (nSPS) is 12.2. The highest BCUT2D eigenvalue weighted by Gasteiger charge is 2.06. The Morgan fingerprint density at radius 2 is 1.78 bits per heavy atom. The van der Waals surface area contributed by atoms with E-state index in [0.717, 1.165) is 22.3 Å². The van der Waals surface area contributed by atoms with Gasteiger partial charge in [-0.1, -0.05) is 46.3 Å². The molecule has 0 fully saturated rings. The molecule has 1 atom stereocenters. The molecule has 0 aromatic heterocycles.